The van der Waals surface area contributed by atoms with Crippen LogP contribution in [0.3, 0.4) is 0 Å². The molecule has 2 N–H and O–H groups in total. The second-order valence-electron chi connectivity index (χ2n) is 6.00. The highest BCUT2D eigenvalue weighted by Gasteiger charge is 2.40. The van der Waals surface area contributed by atoms with Gasteiger partial charge < -0.3 is 15.2 Å². The monoisotopic (exact) mass is 285 g/mol. The molecule has 0 saturated heterocycles. The molecule has 0 radical (unpaired) electrons. The fraction of sp³-hybridized carbons (Fsp3) is 0.938. The second kappa shape index (κ2) is 9.35. The Morgan fingerprint density at radius 3 is 2.65 bits per heavy atom. The largest absolute Gasteiger partial charge is 0.468 e. The van der Waals surface area contributed by atoms with Crippen molar-refractivity contribution in [2.24, 2.45) is 5.73 Å². The molecule has 20 heavy (non-hydrogen) atoms. The number of rotatable bonds is 9. The normalized spacial score (nSPS) is 26.4. The van der Waals surface area contributed by atoms with E-state index < -0.39 is 5.54 Å². The minimum Gasteiger partial charge on any atom is -0.468 e. The van der Waals surface area contributed by atoms with Crippen molar-refractivity contribution >= 4 is 5.97 Å². The quantitative estimate of drug-likeness (QED) is 0.522. The van der Waals surface area contributed by atoms with Crippen molar-refractivity contribution in [2.75, 3.05) is 13.7 Å². The molecule has 0 aromatic heterocycles. The van der Waals surface area contributed by atoms with E-state index in [0.29, 0.717) is 12.8 Å². The molecule has 1 aliphatic rings. The molecule has 0 amide bonds. The Hall–Kier alpha value is -0.610. The average Bonchev–Trinajstić information content (AvgIpc) is 2.45. The van der Waals surface area contributed by atoms with Crippen LogP contribution in [0.2, 0.25) is 0 Å². The van der Waals surface area contributed by atoms with Gasteiger partial charge in [0.2, 0.25) is 0 Å². The zero-order valence-corrected chi connectivity index (χ0v) is 13.2. The topological polar surface area (TPSA) is 61.5 Å². The maximum atomic E-state index is 11.7. The predicted octanol–water partition coefficient (Wildman–Crippen LogP) is 3.18. The maximum Gasteiger partial charge on any atom is 0.325 e. The van der Waals surface area contributed by atoms with Gasteiger partial charge in [-0.2, -0.15) is 0 Å². The lowest BCUT2D eigenvalue weighted by atomic mass is 9.81. The van der Waals surface area contributed by atoms with Gasteiger partial charge in [-0.1, -0.05) is 39.0 Å². The highest BCUT2D eigenvalue weighted by atomic mass is 16.5. The zero-order valence-electron chi connectivity index (χ0n) is 13.2. The smallest absolute Gasteiger partial charge is 0.325 e. The third-order valence-electron chi connectivity index (χ3n) is 4.18. The minimum atomic E-state index is -0.835. The van der Waals surface area contributed by atoms with Crippen molar-refractivity contribution in [3.63, 3.8) is 0 Å². The summed E-state index contributed by atoms with van der Waals surface area (Å²) in [5.41, 5.74) is 5.30. The maximum absolute atomic E-state index is 11.7. The fourth-order valence-electron chi connectivity index (χ4n) is 2.92. The van der Waals surface area contributed by atoms with Gasteiger partial charge in [0.15, 0.2) is 0 Å². The van der Waals surface area contributed by atoms with Crippen LogP contribution in [-0.4, -0.2) is 31.3 Å². The van der Waals surface area contributed by atoms with Gasteiger partial charge in [0.1, 0.15) is 5.54 Å². The second-order valence-corrected chi connectivity index (χ2v) is 6.00. The van der Waals surface area contributed by atoms with Crippen LogP contribution in [0.1, 0.15) is 71.1 Å². The molecule has 1 fully saturated rings. The number of unbranched alkanes of at least 4 members (excludes halogenated alkanes) is 5. The molecule has 0 aromatic carbocycles. The summed E-state index contributed by atoms with van der Waals surface area (Å²) in [6.45, 7) is 3.01. The molecule has 2 unspecified atom stereocenters. The van der Waals surface area contributed by atoms with Gasteiger partial charge in [0.25, 0.3) is 0 Å². The van der Waals surface area contributed by atoms with Crippen LogP contribution in [0, 0.1) is 0 Å². The van der Waals surface area contributed by atoms with Crippen LogP contribution in [0.25, 0.3) is 0 Å². The molecule has 1 saturated carbocycles. The standard InChI is InChI=1S/C16H31NO3/c1-3-4-5-6-7-8-12-20-14-10-9-11-16(17,13-14)15(18)19-2/h14H,3-13,17H2,1-2H3. The van der Waals surface area contributed by atoms with Gasteiger partial charge in [0.05, 0.1) is 13.2 Å². The minimum absolute atomic E-state index is 0.114. The van der Waals surface area contributed by atoms with E-state index in [0.717, 1.165) is 25.9 Å². The van der Waals surface area contributed by atoms with Crippen LogP contribution in [-0.2, 0) is 14.3 Å². The lowest BCUT2D eigenvalue weighted by Crippen LogP contribution is -2.53. The van der Waals surface area contributed by atoms with Crippen molar-refractivity contribution in [3.8, 4) is 0 Å². The van der Waals surface area contributed by atoms with Crippen LogP contribution >= 0.6 is 0 Å². The Labute approximate surface area is 123 Å². The van der Waals surface area contributed by atoms with Crippen molar-refractivity contribution in [2.45, 2.75) is 82.8 Å². The van der Waals surface area contributed by atoms with E-state index in [1.54, 1.807) is 0 Å². The number of carbonyl (C=O) groups excluding carboxylic acids is 1. The number of hydrogen-bond acceptors (Lipinski definition) is 4. The fourth-order valence-corrected chi connectivity index (χ4v) is 2.92. The lowest BCUT2D eigenvalue weighted by Gasteiger charge is -2.35. The van der Waals surface area contributed by atoms with Gasteiger partial charge >= 0.3 is 5.97 Å². The Kier molecular flexibility index (Phi) is 8.15. The molecule has 0 aliphatic heterocycles. The molecule has 0 spiro atoms. The van der Waals surface area contributed by atoms with Gasteiger partial charge in [-0.15, -0.1) is 0 Å². The summed E-state index contributed by atoms with van der Waals surface area (Å²) in [4.78, 5) is 11.7. The molecular weight excluding hydrogens is 254 g/mol. The van der Waals surface area contributed by atoms with Gasteiger partial charge in [-0.25, -0.2) is 0 Å². The Morgan fingerprint density at radius 2 is 1.95 bits per heavy atom. The van der Waals surface area contributed by atoms with E-state index in [4.69, 9.17) is 15.2 Å². The summed E-state index contributed by atoms with van der Waals surface area (Å²) in [6, 6.07) is 0. The molecule has 4 heteroatoms. The summed E-state index contributed by atoms with van der Waals surface area (Å²) in [5.74, 6) is -0.301. The highest BCUT2D eigenvalue weighted by molar-refractivity contribution is 5.80. The van der Waals surface area contributed by atoms with Crippen molar-refractivity contribution in [1.29, 1.82) is 0 Å². The average molecular weight is 285 g/mol. The van der Waals surface area contributed by atoms with E-state index in [2.05, 4.69) is 6.92 Å². The summed E-state index contributed by atoms with van der Waals surface area (Å²) >= 11 is 0. The van der Waals surface area contributed by atoms with Crippen LogP contribution in [0.5, 0.6) is 0 Å². The first-order valence-electron chi connectivity index (χ1n) is 8.11. The van der Waals surface area contributed by atoms with Crippen molar-refractivity contribution < 1.29 is 14.3 Å². The van der Waals surface area contributed by atoms with Crippen LogP contribution < -0.4 is 5.73 Å². The SMILES string of the molecule is CCCCCCCCOC1CCCC(N)(C(=O)OC)C1. The molecule has 0 aromatic rings. The molecule has 4 nitrogen and oxygen atoms in total. The third kappa shape index (κ3) is 5.80. The molecule has 1 rings (SSSR count). The Bertz CT molecular complexity index is 283. The summed E-state index contributed by atoms with van der Waals surface area (Å²) in [6.07, 6.45) is 10.9. The summed E-state index contributed by atoms with van der Waals surface area (Å²) in [5, 5.41) is 0. The van der Waals surface area contributed by atoms with Gasteiger partial charge in [-0.05, 0) is 25.7 Å². The first-order chi connectivity index (χ1) is 9.62. The number of methoxy groups -OCH3 is 1. The van der Waals surface area contributed by atoms with Crippen molar-refractivity contribution in [3.05, 3.63) is 0 Å². The number of hydrogen-bond donors (Lipinski definition) is 1. The van der Waals surface area contributed by atoms with Gasteiger partial charge in [0, 0.05) is 13.0 Å². The van der Waals surface area contributed by atoms with E-state index in [9.17, 15) is 4.79 Å². The lowest BCUT2D eigenvalue weighted by molar-refractivity contribution is -0.150. The molecule has 0 heterocycles. The summed E-state index contributed by atoms with van der Waals surface area (Å²) in [7, 11) is 1.40. The number of ether oxygens (including phenoxy) is 2. The first kappa shape index (κ1) is 17.4. The number of nitrogens with two attached hydrogens (primary N) is 1. The predicted molar refractivity (Wildman–Crippen MR) is 80.5 cm³/mol. The van der Waals surface area contributed by atoms with E-state index in [-0.39, 0.29) is 12.1 Å². The molecule has 2 atom stereocenters. The molecule has 118 valence electrons. The molecule has 1 aliphatic carbocycles. The molecular formula is C16H31NO3. The Morgan fingerprint density at radius 1 is 1.25 bits per heavy atom. The van der Waals surface area contributed by atoms with E-state index in [1.165, 1.54) is 39.2 Å². The Balaban J connectivity index is 2.16. The van der Waals surface area contributed by atoms with Crippen LogP contribution in [0.4, 0.5) is 0 Å². The van der Waals surface area contributed by atoms with Crippen molar-refractivity contribution in [1.82, 2.24) is 0 Å². The summed E-state index contributed by atoms with van der Waals surface area (Å²) < 4.78 is 10.7. The highest BCUT2D eigenvalue weighted by Crippen LogP contribution is 2.29. The third-order valence-corrected chi connectivity index (χ3v) is 4.18. The number of carbonyl (C=O) groups is 1. The first-order valence-corrected chi connectivity index (χ1v) is 8.11. The van der Waals surface area contributed by atoms with E-state index in [1.807, 2.05) is 0 Å². The van der Waals surface area contributed by atoms with Gasteiger partial charge in [-0.3, -0.25) is 4.79 Å². The zero-order chi connectivity index (χ0) is 14.8. The number of esters is 1. The molecule has 0 bridgehead atoms. The van der Waals surface area contributed by atoms with Crippen LogP contribution in [0.15, 0.2) is 0 Å². The van der Waals surface area contributed by atoms with E-state index >= 15 is 0 Å².